The van der Waals surface area contributed by atoms with E-state index in [-0.39, 0.29) is 5.91 Å². The zero-order valence-corrected chi connectivity index (χ0v) is 15.1. The van der Waals surface area contributed by atoms with Gasteiger partial charge < -0.3 is 9.15 Å². The SMILES string of the molecule is Cc1ncc(-c2ccc3cnc(NC(=O)CCN4CCOCC4)nc3c2)o1. The number of carbonyl (C=O) groups excluding carboxylic acids is 1. The quantitative estimate of drug-likeness (QED) is 0.739. The lowest BCUT2D eigenvalue weighted by atomic mass is 10.1. The maximum atomic E-state index is 12.2. The van der Waals surface area contributed by atoms with E-state index >= 15 is 0 Å². The van der Waals surface area contributed by atoms with E-state index in [9.17, 15) is 4.79 Å². The number of rotatable bonds is 5. The molecule has 1 amide bonds. The van der Waals surface area contributed by atoms with Crippen LogP contribution in [0.15, 0.2) is 35.0 Å². The predicted octanol–water partition coefficient (Wildman–Crippen LogP) is 2.25. The monoisotopic (exact) mass is 367 g/mol. The number of aromatic nitrogens is 3. The molecule has 2 aromatic heterocycles. The zero-order valence-electron chi connectivity index (χ0n) is 15.1. The van der Waals surface area contributed by atoms with Crippen LogP contribution in [0.5, 0.6) is 0 Å². The van der Waals surface area contributed by atoms with Gasteiger partial charge >= 0.3 is 0 Å². The van der Waals surface area contributed by atoms with Crippen molar-refractivity contribution in [1.29, 1.82) is 0 Å². The number of morpholine rings is 1. The minimum Gasteiger partial charge on any atom is -0.441 e. The summed E-state index contributed by atoms with van der Waals surface area (Å²) < 4.78 is 10.9. The molecule has 3 aromatic rings. The Kier molecular flexibility index (Phi) is 5.08. The van der Waals surface area contributed by atoms with Crippen LogP contribution in [-0.4, -0.2) is 58.6 Å². The van der Waals surface area contributed by atoms with Crippen molar-refractivity contribution in [2.75, 3.05) is 38.2 Å². The van der Waals surface area contributed by atoms with Crippen LogP contribution in [0.25, 0.3) is 22.2 Å². The molecule has 1 N–H and O–H groups in total. The first-order valence-electron chi connectivity index (χ1n) is 8.97. The van der Waals surface area contributed by atoms with E-state index in [0.29, 0.717) is 30.6 Å². The van der Waals surface area contributed by atoms with Crippen LogP contribution >= 0.6 is 0 Å². The van der Waals surface area contributed by atoms with Gasteiger partial charge in [-0.2, -0.15) is 0 Å². The molecular formula is C19H21N5O3. The van der Waals surface area contributed by atoms with E-state index in [1.807, 2.05) is 18.2 Å². The minimum absolute atomic E-state index is 0.0946. The molecule has 0 radical (unpaired) electrons. The average molecular weight is 367 g/mol. The third-order valence-electron chi connectivity index (χ3n) is 4.50. The fourth-order valence-electron chi connectivity index (χ4n) is 3.00. The molecule has 1 aromatic carbocycles. The van der Waals surface area contributed by atoms with E-state index in [1.54, 1.807) is 19.3 Å². The minimum atomic E-state index is -0.0946. The summed E-state index contributed by atoms with van der Waals surface area (Å²) in [5, 5.41) is 3.67. The molecule has 3 heterocycles. The maximum Gasteiger partial charge on any atom is 0.229 e. The van der Waals surface area contributed by atoms with Crippen LogP contribution in [0.1, 0.15) is 12.3 Å². The van der Waals surface area contributed by atoms with Crippen molar-refractivity contribution >= 4 is 22.8 Å². The second-order valence-corrected chi connectivity index (χ2v) is 6.46. The molecule has 0 unspecified atom stereocenters. The molecule has 0 spiro atoms. The number of amides is 1. The molecule has 0 aliphatic carbocycles. The standard InChI is InChI=1S/C19H21N5O3/c1-13-20-12-17(27-13)14-2-3-15-11-21-19(22-16(15)10-14)23-18(25)4-5-24-6-8-26-9-7-24/h2-3,10-12H,4-9H2,1H3,(H,21,22,23,25). The van der Waals surface area contributed by atoms with Crippen molar-refractivity contribution in [3.05, 3.63) is 36.5 Å². The zero-order chi connectivity index (χ0) is 18.6. The van der Waals surface area contributed by atoms with Gasteiger partial charge in [-0.1, -0.05) is 12.1 Å². The molecular weight excluding hydrogens is 346 g/mol. The second-order valence-electron chi connectivity index (χ2n) is 6.46. The van der Waals surface area contributed by atoms with Crippen molar-refractivity contribution in [3.63, 3.8) is 0 Å². The molecule has 27 heavy (non-hydrogen) atoms. The number of anilines is 1. The number of benzene rings is 1. The lowest BCUT2D eigenvalue weighted by Gasteiger charge is -2.26. The summed E-state index contributed by atoms with van der Waals surface area (Å²) in [6, 6.07) is 5.76. The molecule has 1 fully saturated rings. The summed E-state index contributed by atoms with van der Waals surface area (Å²) >= 11 is 0. The third kappa shape index (κ3) is 4.29. The highest BCUT2D eigenvalue weighted by molar-refractivity contribution is 5.90. The summed E-state index contributed by atoms with van der Waals surface area (Å²) in [5.41, 5.74) is 1.62. The van der Waals surface area contributed by atoms with Crippen molar-refractivity contribution < 1.29 is 13.9 Å². The van der Waals surface area contributed by atoms with Crippen molar-refractivity contribution in [2.45, 2.75) is 13.3 Å². The Morgan fingerprint density at radius 2 is 2.07 bits per heavy atom. The molecule has 1 aliphatic rings. The summed E-state index contributed by atoms with van der Waals surface area (Å²) in [7, 11) is 0. The summed E-state index contributed by atoms with van der Waals surface area (Å²) in [6.07, 6.45) is 3.79. The molecule has 0 saturated carbocycles. The van der Waals surface area contributed by atoms with Gasteiger partial charge in [0.05, 0.1) is 24.9 Å². The first kappa shape index (κ1) is 17.6. The molecule has 1 saturated heterocycles. The Morgan fingerprint density at radius 3 is 2.85 bits per heavy atom. The number of hydrogen-bond donors (Lipinski definition) is 1. The molecule has 0 bridgehead atoms. The Morgan fingerprint density at radius 1 is 1.22 bits per heavy atom. The second kappa shape index (κ2) is 7.81. The first-order valence-corrected chi connectivity index (χ1v) is 8.97. The van der Waals surface area contributed by atoms with Gasteiger partial charge in [0, 0.05) is 50.1 Å². The molecule has 4 rings (SSSR count). The van der Waals surface area contributed by atoms with E-state index in [1.165, 1.54) is 0 Å². The Bertz CT molecular complexity index is 949. The molecule has 140 valence electrons. The maximum absolute atomic E-state index is 12.2. The number of carbonyl (C=O) groups is 1. The summed E-state index contributed by atoms with van der Waals surface area (Å²) in [5.74, 6) is 1.51. The van der Waals surface area contributed by atoms with Gasteiger partial charge in [0.25, 0.3) is 0 Å². The van der Waals surface area contributed by atoms with Gasteiger partial charge in [-0.05, 0) is 6.07 Å². The van der Waals surface area contributed by atoms with Crippen molar-refractivity contribution in [1.82, 2.24) is 19.9 Å². The fraction of sp³-hybridized carbons (Fsp3) is 0.368. The third-order valence-corrected chi connectivity index (χ3v) is 4.50. The molecule has 1 aliphatic heterocycles. The highest BCUT2D eigenvalue weighted by atomic mass is 16.5. The number of hydrogen-bond acceptors (Lipinski definition) is 7. The van der Waals surface area contributed by atoms with Crippen LogP contribution in [0, 0.1) is 6.92 Å². The normalized spacial score (nSPS) is 15.1. The average Bonchev–Trinajstić information content (AvgIpc) is 3.13. The first-order chi connectivity index (χ1) is 13.2. The molecule has 0 atom stereocenters. The van der Waals surface area contributed by atoms with Crippen LogP contribution in [0.3, 0.4) is 0 Å². The summed E-state index contributed by atoms with van der Waals surface area (Å²) in [6.45, 7) is 5.69. The smallest absolute Gasteiger partial charge is 0.229 e. The summed E-state index contributed by atoms with van der Waals surface area (Å²) in [4.78, 5) is 27.2. The van der Waals surface area contributed by atoms with Crippen LogP contribution < -0.4 is 5.32 Å². The lowest BCUT2D eigenvalue weighted by Crippen LogP contribution is -2.38. The van der Waals surface area contributed by atoms with E-state index in [0.717, 1.165) is 42.8 Å². The van der Waals surface area contributed by atoms with E-state index in [2.05, 4.69) is 25.2 Å². The van der Waals surface area contributed by atoms with Gasteiger partial charge in [-0.25, -0.2) is 15.0 Å². The van der Waals surface area contributed by atoms with Crippen LogP contribution in [0.2, 0.25) is 0 Å². The Hall–Kier alpha value is -2.84. The number of oxazole rings is 1. The van der Waals surface area contributed by atoms with Gasteiger partial charge in [0.15, 0.2) is 11.7 Å². The number of nitrogens with one attached hydrogen (secondary N) is 1. The van der Waals surface area contributed by atoms with E-state index in [4.69, 9.17) is 9.15 Å². The number of fused-ring (bicyclic) bond motifs is 1. The van der Waals surface area contributed by atoms with Crippen molar-refractivity contribution in [2.24, 2.45) is 0 Å². The Balaban J connectivity index is 1.44. The lowest BCUT2D eigenvalue weighted by molar-refractivity contribution is -0.116. The number of ether oxygens (including phenoxy) is 1. The van der Waals surface area contributed by atoms with Crippen LogP contribution in [0.4, 0.5) is 5.95 Å². The predicted molar refractivity (Wildman–Crippen MR) is 100 cm³/mol. The topological polar surface area (TPSA) is 93.4 Å². The number of aryl methyl sites for hydroxylation is 1. The molecule has 8 heteroatoms. The van der Waals surface area contributed by atoms with Gasteiger partial charge in [0.2, 0.25) is 11.9 Å². The van der Waals surface area contributed by atoms with Crippen LogP contribution in [-0.2, 0) is 9.53 Å². The largest absolute Gasteiger partial charge is 0.441 e. The highest BCUT2D eigenvalue weighted by Crippen LogP contribution is 2.24. The van der Waals surface area contributed by atoms with Gasteiger partial charge in [-0.15, -0.1) is 0 Å². The van der Waals surface area contributed by atoms with Gasteiger partial charge in [-0.3, -0.25) is 15.0 Å². The van der Waals surface area contributed by atoms with E-state index < -0.39 is 0 Å². The number of nitrogens with zero attached hydrogens (tertiary/aromatic N) is 4. The Labute approximate surface area is 156 Å². The van der Waals surface area contributed by atoms with Gasteiger partial charge in [0.1, 0.15) is 0 Å². The fourth-order valence-corrected chi connectivity index (χ4v) is 3.00. The highest BCUT2D eigenvalue weighted by Gasteiger charge is 2.13. The molecule has 8 nitrogen and oxygen atoms in total. The van der Waals surface area contributed by atoms with Crippen molar-refractivity contribution in [3.8, 4) is 11.3 Å².